The molecule has 3 rings (SSSR count). The van der Waals surface area contributed by atoms with Crippen molar-refractivity contribution in [3.63, 3.8) is 0 Å². The fourth-order valence-electron chi connectivity index (χ4n) is 2.36. The van der Waals surface area contributed by atoms with Crippen molar-refractivity contribution in [3.05, 3.63) is 51.7 Å². The van der Waals surface area contributed by atoms with Crippen molar-refractivity contribution < 1.29 is 19.1 Å². The summed E-state index contributed by atoms with van der Waals surface area (Å²) in [5, 5.41) is 16.8. The first-order chi connectivity index (χ1) is 12.0. The number of carboxylic acids is 1. The van der Waals surface area contributed by atoms with E-state index in [2.05, 4.69) is 10.2 Å². The molecule has 25 heavy (non-hydrogen) atoms. The lowest BCUT2D eigenvalue weighted by molar-refractivity contribution is -0.137. The van der Waals surface area contributed by atoms with E-state index in [0.29, 0.717) is 17.0 Å². The molecule has 0 saturated heterocycles. The van der Waals surface area contributed by atoms with Gasteiger partial charge in [0, 0.05) is 18.8 Å². The van der Waals surface area contributed by atoms with Gasteiger partial charge in [-0.1, -0.05) is 11.6 Å². The van der Waals surface area contributed by atoms with Crippen LogP contribution in [0.5, 0.6) is 5.75 Å². The van der Waals surface area contributed by atoms with Crippen LogP contribution in [0.15, 0.2) is 39.7 Å². The Kier molecular flexibility index (Phi) is 4.71. The number of nitrogens with zero attached hydrogens (tertiary/aromatic N) is 3. The Morgan fingerprint density at radius 3 is 2.96 bits per heavy atom. The van der Waals surface area contributed by atoms with Crippen molar-refractivity contribution in [2.45, 2.75) is 26.0 Å². The molecule has 8 nitrogen and oxygen atoms in total. The number of hydrogen-bond acceptors (Lipinski definition) is 6. The predicted octanol–water partition coefficient (Wildman–Crippen LogP) is 2.65. The molecule has 0 spiro atoms. The molecule has 2 aromatic heterocycles. The number of oxazole rings is 1. The summed E-state index contributed by atoms with van der Waals surface area (Å²) in [6.45, 7) is 1.78. The molecule has 2 heterocycles. The van der Waals surface area contributed by atoms with Gasteiger partial charge in [0.2, 0.25) is 0 Å². The van der Waals surface area contributed by atoms with Gasteiger partial charge in [0.05, 0.1) is 17.0 Å². The van der Waals surface area contributed by atoms with Gasteiger partial charge in [-0.2, -0.15) is 10.2 Å². The summed E-state index contributed by atoms with van der Waals surface area (Å²) in [7, 11) is 0. The highest BCUT2D eigenvalue weighted by molar-refractivity contribution is 6.32. The summed E-state index contributed by atoms with van der Waals surface area (Å²) >= 11 is 6.24. The lowest BCUT2D eigenvalue weighted by Crippen LogP contribution is -2.16. The molecule has 1 aromatic carbocycles. The van der Waals surface area contributed by atoms with Crippen molar-refractivity contribution in [3.8, 4) is 5.75 Å². The Bertz CT molecular complexity index is 967. The second-order valence-corrected chi connectivity index (χ2v) is 5.73. The average Bonchev–Trinajstić information content (AvgIpc) is 2.88. The molecule has 0 fully saturated rings. The normalized spacial score (nSPS) is 12.2. The van der Waals surface area contributed by atoms with Crippen LogP contribution in [0.25, 0.3) is 11.1 Å². The van der Waals surface area contributed by atoms with Crippen molar-refractivity contribution in [2.24, 2.45) is 0 Å². The minimum absolute atomic E-state index is 0.00624. The molecule has 0 aliphatic rings. The minimum atomic E-state index is -1.01. The first-order valence-corrected chi connectivity index (χ1v) is 7.82. The first-order valence-electron chi connectivity index (χ1n) is 7.44. The van der Waals surface area contributed by atoms with Crippen molar-refractivity contribution in [2.75, 3.05) is 0 Å². The number of aromatic nitrogens is 3. The van der Waals surface area contributed by atoms with Crippen LogP contribution in [-0.2, 0) is 11.3 Å². The monoisotopic (exact) mass is 363 g/mol. The maximum Gasteiger partial charge on any atom is 0.419 e. The van der Waals surface area contributed by atoms with Gasteiger partial charge in [-0.3, -0.25) is 9.36 Å². The predicted molar refractivity (Wildman–Crippen MR) is 88.8 cm³/mol. The van der Waals surface area contributed by atoms with Crippen molar-refractivity contribution >= 4 is 28.7 Å². The Labute approximate surface area is 146 Å². The van der Waals surface area contributed by atoms with Gasteiger partial charge in [0.15, 0.2) is 5.58 Å². The molecule has 0 saturated carbocycles. The molecule has 0 radical (unpaired) electrons. The van der Waals surface area contributed by atoms with Crippen LogP contribution < -0.4 is 10.5 Å². The van der Waals surface area contributed by atoms with E-state index < -0.39 is 17.8 Å². The van der Waals surface area contributed by atoms with Crippen LogP contribution in [0.3, 0.4) is 0 Å². The van der Waals surface area contributed by atoms with Gasteiger partial charge in [-0.05, 0) is 25.1 Å². The van der Waals surface area contributed by atoms with E-state index in [1.807, 2.05) is 0 Å². The molecule has 0 aliphatic heterocycles. The molecular weight excluding hydrogens is 350 g/mol. The third-order valence-corrected chi connectivity index (χ3v) is 3.88. The number of fused-ring (bicyclic) bond motifs is 1. The molecule has 0 bridgehead atoms. The van der Waals surface area contributed by atoms with E-state index in [4.69, 9.17) is 25.9 Å². The quantitative estimate of drug-likeness (QED) is 0.717. The maximum absolute atomic E-state index is 11.9. The number of halogens is 1. The standard InChI is InChI=1S/C16H14ClN3O5/c1-9(11-3-2-5-18-19-11)24-13-8-14-12(7-10(13)17)20(16(23)25-14)6-4-15(21)22/h2-3,5,7-9H,4,6H2,1H3,(H,21,22)/t9-/m0/s1. The lowest BCUT2D eigenvalue weighted by Gasteiger charge is -2.14. The van der Waals surface area contributed by atoms with E-state index in [1.54, 1.807) is 25.3 Å². The Morgan fingerprint density at radius 1 is 1.48 bits per heavy atom. The molecule has 1 atom stereocenters. The second-order valence-electron chi connectivity index (χ2n) is 5.32. The van der Waals surface area contributed by atoms with Crippen LogP contribution in [0, 0.1) is 0 Å². The van der Waals surface area contributed by atoms with E-state index in [-0.39, 0.29) is 23.6 Å². The highest BCUT2D eigenvalue weighted by Gasteiger charge is 2.17. The Morgan fingerprint density at radius 2 is 2.28 bits per heavy atom. The first kappa shape index (κ1) is 17.0. The zero-order valence-corrected chi connectivity index (χ0v) is 13.9. The lowest BCUT2D eigenvalue weighted by atomic mass is 10.2. The zero-order valence-electron chi connectivity index (χ0n) is 13.2. The molecule has 9 heteroatoms. The van der Waals surface area contributed by atoms with E-state index in [1.165, 1.54) is 16.7 Å². The van der Waals surface area contributed by atoms with Gasteiger partial charge in [-0.25, -0.2) is 4.79 Å². The number of benzene rings is 1. The Balaban J connectivity index is 1.92. The van der Waals surface area contributed by atoms with Gasteiger partial charge < -0.3 is 14.3 Å². The molecule has 0 aliphatic carbocycles. The second kappa shape index (κ2) is 6.94. The largest absolute Gasteiger partial charge is 0.483 e. The molecular formula is C16H14ClN3O5. The van der Waals surface area contributed by atoms with Crippen LogP contribution in [0.4, 0.5) is 0 Å². The maximum atomic E-state index is 11.9. The van der Waals surface area contributed by atoms with Gasteiger partial charge in [-0.15, -0.1) is 0 Å². The number of carboxylic acid groups (broad SMARTS) is 1. The molecule has 1 N–H and O–H groups in total. The SMILES string of the molecule is C[C@H](Oc1cc2oc(=O)n(CCC(=O)O)c2cc1Cl)c1cccnn1. The summed E-state index contributed by atoms with van der Waals surface area (Å²) in [5.74, 6) is -1.33. The van der Waals surface area contributed by atoms with Crippen LogP contribution >= 0.6 is 11.6 Å². The van der Waals surface area contributed by atoms with E-state index in [0.717, 1.165) is 0 Å². The third kappa shape index (κ3) is 3.63. The van der Waals surface area contributed by atoms with E-state index in [9.17, 15) is 9.59 Å². The fraction of sp³-hybridized carbons (Fsp3) is 0.250. The van der Waals surface area contributed by atoms with E-state index >= 15 is 0 Å². The van der Waals surface area contributed by atoms with Crippen molar-refractivity contribution in [1.29, 1.82) is 0 Å². The molecule has 0 unspecified atom stereocenters. The number of carbonyl (C=O) groups is 1. The van der Waals surface area contributed by atoms with Crippen LogP contribution in [-0.4, -0.2) is 25.8 Å². The average molecular weight is 364 g/mol. The molecule has 0 amide bonds. The zero-order chi connectivity index (χ0) is 18.0. The van der Waals surface area contributed by atoms with Gasteiger partial charge in [0.25, 0.3) is 0 Å². The smallest absolute Gasteiger partial charge is 0.419 e. The summed E-state index contributed by atoms with van der Waals surface area (Å²) in [5.41, 5.74) is 1.30. The number of hydrogen-bond donors (Lipinski definition) is 1. The number of aliphatic carboxylic acids is 1. The summed E-state index contributed by atoms with van der Waals surface area (Å²) in [6, 6.07) is 6.53. The molecule has 130 valence electrons. The van der Waals surface area contributed by atoms with Crippen LogP contribution in [0.2, 0.25) is 5.02 Å². The number of rotatable bonds is 6. The highest BCUT2D eigenvalue weighted by Crippen LogP contribution is 2.32. The fourth-order valence-corrected chi connectivity index (χ4v) is 2.56. The van der Waals surface area contributed by atoms with Gasteiger partial charge >= 0.3 is 11.7 Å². The number of ether oxygens (including phenoxy) is 1. The highest BCUT2D eigenvalue weighted by atomic mass is 35.5. The van der Waals surface area contributed by atoms with Gasteiger partial charge in [0.1, 0.15) is 17.5 Å². The third-order valence-electron chi connectivity index (χ3n) is 3.58. The van der Waals surface area contributed by atoms with Crippen molar-refractivity contribution in [1.82, 2.24) is 14.8 Å². The summed E-state index contributed by atoms with van der Waals surface area (Å²) in [4.78, 5) is 22.6. The molecule has 3 aromatic rings. The number of aryl methyl sites for hydroxylation is 1. The minimum Gasteiger partial charge on any atom is -0.483 e. The summed E-state index contributed by atoms with van der Waals surface area (Å²) < 4.78 is 12.2. The Hall–Kier alpha value is -2.87. The topological polar surface area (TPSA) is 107 Å². The van der Waals surface area contributed by atoms with Crippen LogP contribution in [0.1, 0.15) is 25.1 Å². The summed E-state index contributed by atoms with van der Waals surface area (Å²) in [6.07, 6.45) is 0.946.